The van der Waals surface area contributed by atoms with Gasteiger partial charge in [0.2, 0.25) is 0 Å². The normalized spacial score (nSPS) is 37.3. The SMILES string of the molecule is CC1(C)C2CC[C@@]1(C)/C(=N/O)C2[Se]OS(=O)(=O)C(F)(F)F. The third-order valence-corrected chi connectivity index (χ3v) is 9.17. The molecule has 122 valence electrons. The predicted octanol–water partition coefficient (Wildman–Crippen LogP) is 2.55. The number of rotatable bonds is 3. The number of halogens is 3. The molecule has 5 nitrogen and oxygen atoms in total. The molecule has 2 saturated carbocycles. The Hall–Kier alpha value is -0.311. The summed E-state index contributed by atoms with van der Waals surface area (Å²) in [6.07, 6.45) is 1.52. The van der Waals surface area contributed by atoms with Crippen molar-refractivity contribution in [1.82, 2.24) is 0 Å². The van der Waals surface area contributed by atoms with Gasteiger partial charge in [-0.15, -0.1) is 0 Å². The summed E-state index contributed by atoms with van der Waals surface area (Å²) in [5.74, 6) is -0.0446. The van der Waals surface area contributed by atoms with Crippen LogP contribution >= 0.6 is 0 Å². The van der Waals surface area contributed by atoms with E-state index in [4.69, 9.17) is 0 Å². The average Bonchev–Trinajstić information content (AvgIpc) is 2.65. The molecule has 21 heavy (non-hydrogen) atoms. The Labute approximate surface area is 127 Å². The van der Waals surface area contributed by atoms with Gasteiger partial charge in [0.25, 0.3) is 0 Å². The van der Waals surface area contributed by atoms with E-state index in [9.17, 15) is 26.8 Å². The molecule has 2 aliphatic carbocycles. The molecular formula is C11H16F3NO4SSe. The number of hydrogen-bond donors (Lipinski definition) is 1. The van der Waals surface area contributed by atoms with Crippen LogP contribution in [0, 0.1) is 16.7 Å². The molecule has 0 amide bonds. The fourth-order valence-corrected chi connectivity index (χ4v) is 7.49. The van der Waals surface area contributed by atoms with Crippen LogP contribution in [0.4, 0.5) is 13.2 Å². The van der Waals surface area contributed by atoms with E-state index in [0.29, 0.717) is 5.71 Å². The van der Waals surface area contributed by atoms with Crippen LogP contribution in [0.2, 0.25) is 4.82 Å². The molecule has 0 aromatic rings. The summed E-state index contributed by atoms with van der Waals surface area (Å²) in [6, 6.07) is 0. The number of hydrogen-bond acceptors (Lipinski definition) is 5. The molecule has 3 atom stereocenters. The van der Waals surface area contributed by atoms with E-state index < -0.39 is 41.1 Å². The van der Waals surface area contributed by atoms with Crippen molar-refractivity contribution in [1.29, 1.82) is 0 Å². The summed E-state index contributed by atoms with van der Waals surface area (Å²) in [6.45, 7) is 5.82. The Morgan fingerprint density at radius 1 is 1.38 bits per heavy atom. The number of nitrogens with zero attached hydrogens (tertiary/aromatic N) is 1. The van der Waals surface area contributed by atoms with Gasteiger partial charge in [0.05, 0.1) is 0 Å². The summed E-state index contributed by atoms with van der Waals surface area (Å²) in [7, 11) is -5.60. The van der Waals surface area contributed by atoms with Gasteiger partial charge in [-0.25, -0.2) is 0 Å². The second-order valence-electron chi connectivity index (χ2n) is 6.17. The molecule has 2 aliphatic rings. The number of alkyl halides is 3. The van der Waals surface area contributed by atoms with Crippen LogP contribution in [0.3, 0.4) is 0 Å². The van der Waals surface area contributed by atoms with Crippen molar-refractivity contribution in [2.24, 2.45) is 21.9 Å². The molecule has 2 rings (SSSR count). The van der Waals surface area contributed by atoms with Crippen molar-refractivity contribution in [3.63, 3.8) is 0 Å². The van der Waals surface area contributed by atoms with Gasteiger partial charge in [-0.1, -0.05) is 0 Å². The molecule has 2 fully saturated rings. The van der Waals surface area contributed by atoms with Crippen molar-refractivity contribution in [3.8, 4) is 0 Å². The zero-order valence-corrected chi connectivity index (χ0v) is 14.2. The molecule has 2 unspecified atom stereocenters. The van der Waals surface area contributed by atoms with Crippen LogP contribution in [0.15, 0.2) is 5.16 Å². The van der Waals surface area contributed by atoms with E-state index in [1.54, 1.807) is 0 Å². The molecule has 0 spiro atoms. The van der Waals surface area contributed by atoms with Gasteiger partial charge in [-0.3, -0.25) is 0 Å². The van der Waals surface area contributed by atoms with E-state index in [-0.39, 0.29) is 11.3 Å². The van der Waals surface area contributed by atoms with E-state index in [1.807, 2.05) is 20.8 Å². The Morgan fingerprint density at radius 3 is 2.43 bits per heavy atom. The van der Waals surface area contributed by atoms with Gasteiger partial charge in [-0.05, 0) is 0 Å². The van der Waals surface area contributed by atoms with Crippen molar-refractivity contribution >= 4 is 31.1 Å². The molecule has 1 N–H and O–H groups in total. The molecule has 0 aromatic carbocycles. The third-order valence-electron chi connectivity index (χ3n) is 5.13. The first kappa shape index (κ1) is 17.0. The maximum atomic E-state index is 12.3. The van der Waals surface area contributed by atoms with Gasteiger partial charge < -0.3 is 0 Å². The number of fused-ring (bicyclic) bond motifs is 2. The van der Waals surface area contributed by atoms with Crippen LogP contribution in [-0.2, 0) is 13.4 Å². The van der Waals surface area contributed by atoms with Crippen LogP contribution in [0.25, 0.3) is 0 Å². The first-order chi connectivity index (χ1) is 9.38. The van der Waals surface area contributed by atoms with Crippen molar-refractivity contribution in [2.75, 3.05) is 0 Å². The van der Waals surface area contributed by atoms with Crippen molar-refractivity contribution in [2.45, 2.75) is 43.9 Å². The summed E-state index contributed by atoms with van der Waals surface area (Å²) in [5, 5.41) is 12.5. The average molecular weight is 394 g/mol. The summed E-state index contributed by atoms with van der Waals surface area (Å²) in [4.78, 5) is -0.562. The zero-order chi connectivity index (χ0) is 16.3. The Morgan fingerprint density at radius 2 is 1.95 bits per heavy atom. The van der Waals surface area contributed by atoms with Crippen LogP contribution in [0.1, 0.15) is 33.6 Å². The standard InChI is InChI=1S/C11H16F3NO4SSe/c1-9(2)6-4-5-10(9,3)8(15-16)7(6)21-19-20(17,18)11(12,13)14/h6-7,16H,4-5H2,1-3H3/b15-8+/t6?,7?,10-/m0/s1. The first-order valence-corrected chi connectivity index (χ1v) is 9.37. The fourth-order valence-electron chi connectivity index (χ4n) is 3.44. The van der Waals surface area contributed by atoms with E-state index in [2.05, 4.69) is 8.42 Å². The molecule has 0 aliphatic heterocycles. The monoisotopic (exact) mass is 395 g/mol. The van der Waals surface area contributed by atoms with Crippen molar-refractivity contribution < 1.29 is 30.1 Å². The Kier molecular flexibility index (Phi) is 3.93. The first-order valence-electron chi connectivity index (χ1n) is 6.27. The van der Waals surface area contributed by atoms with E-state index in [1.165, 1.54) is 0 Å². The zero-order valence-electron chi connectivity index (χ0n) is 11.6. The third kappa shape index (κ3) is 2.31. The number of oxime groups is 1. The molecule has 0 radical (unpaired) electrons. The molecule has 10 heteroatoms. The summed E-state index contributed by atoms with van der Waals surface area (Å²) >= 11 is -1.30. The van der Waals surface area contributed by atoms with Crippen LogP contribution < -0.4 is 0 Å². The van der Waals surface area contributed by atoms with Gasteiger partial charge in [0.1, 0.15) is 0 Å². The minimum atomic E-state index is -5.60. The van der Waals surface area contributed by atoms with Crippen LogP contribution in [0.5, 0.6) is 0 Å². The van der Waals surface area contributed by atoms with Gasteiger partial charge in [-0.2, -0.15) is 0 Å². The Balaban J connectivity index is 2.24. The fraction of sp³-hybridized carbons (Fsp3) is 0.909. The molecule has 0 heterocycles. The second kappa shape index (κ2) is 4.84. The van der Waals surface area contributed by atoms with Gasteiger partial charge in [0.15, 0.2) is 0 Å². The summed E-state index contributed by atoms with van der Waals surface area (Å²) < 4.78 is 63.2. The van der Waals surface area contributed by atoms with Gasteiger partial charge >= 0.3 is 127 Å². The topological polar surface area (TPSA) is 76.0 Å². The van der Waals surface area contributed by atoms with E-state index in [0.717, 1.165) is 12.8 Å². The molecule has 0 saturated heterocycles. The van der Waals surface area contributed by atoms with Crippen LogP contribution in [-0.4, -0.2) is 40.1 Å². The second-order valence-corrected chi connectivity index (χ2v) is 10.0. The Bertz CT molecular complexity index is 575. The minimum absolute atomic E-state index is 0.0446. The quantitative estimate of drug-likeness (QED) is 0.346. The van der Waals surface area contributed by atoms with Gasteiger partial charge in [0, 0.05) is 0 Å². The summed E-state index contributed by atoms with van der Waals surface area (Å²) in [5.41, 5.74) is -5.78. The molecular weight excluding hydrogens is 378 g/mol. The predicted molar refractivity (Wildman–Crippen MR) is 69.4 cm³/mol. The molecule has 2 bridgehead atoms. The molecule has 0 aromatic heterocycles. The maximum absolute atomic E-state index is 12.3. The van der Waals surface area contributed by atoms with E-state index >= 15 is 0 Å². The van der Waals surface area contributed by atoms with Crippen molar-refractivity contribution in [3.05, 3.63) is 0 Å².